The van der Waals surface area contributed by atoms with Crippen LogP contribution in [0.4, 0.5) is 4.79 Å². The highest BCUT2D eigenvalue weighted by molar-refractivity contribution is 9.10. The van der Waals surface area contributed by atoms with E-state index in [1.807, 2.05) is 65.3 Å². The molecule has 3 rings (SSSR count). The first-order valence-electron chi connectivity index (χ1n) is 9.11. The molecule has 1 aliphatic rings. The predicted octanol–water partition coefficient (Wildman–Crippen LogP) is 4.45. The molecule has 1 saturated heterocycles. The summed E-state index contributed by atoms with van der Waals surface area (Å²) in [6, 6.07) is 8.20. The minimum Gasteiger partial charge on any atom is -0.444 e. The minimum atomic E-state index is -0.524. The van der Waals surface area contributed by atoms with E-state index >= 15 is 0 Å². The number of H-pyrrole nitrogens is 1. The number of benzene rings is 1. The van der Waals surface area contributed by atoms with Gasteiger partial charge in [-0.2, -0.15) is 0 Å². The quantitative estimate of drug-likeness (QED) is 0.774. The molecule has 0 saturated carbocycles. The van der Waals surface area contributed by atoms with E-state index in [9.17, 15) is 4.79 Å². The van der Waals surface area contributed by atoms with Crippen molar-refractivity contribution in [2.45, 2.75) is 44.9 Å². The normalized spacial score (nSPS) is 20.3. The second-order valence-electron chi connectivity index (χ2n) is 8.19. The second kappa shape index (κ2) is 7.64. The van der Waals surface area contributed by atoms with Gasteiger partial charge in [0.15, 0.2) is 0 Å². The summed E-state index contributed by atoms with van der Waals surface area (Å²) >= 11 is 3.46. The standard InChI is InChI=1S/C20H27BrN4O2/c1-20(2,3)27-19(26)25-12-15(24(4)5)10-17(25)18-22-11-16(23-18)13-6-8-14(21)9-7-13/h6-9,11,15,17H,10,12H2,1-5H3,(H,22,23)/t15-,17-/m0/s1. The number of amides is 1. The van der Waals surface area contributed by atoms with Gasteiger partial charge in [-0.1, -0.05) is 28.1 Å². The first-order chi connectivity index (χ1) is 12.6. The number of hydrogen-bond donors (Lipinski definition) is 1. The summed E-state index contributed by atoms with van der Waals surface area (Å²) in [6.45, 7) is 6.29. The Bertz CT molecular complexity index is 795. The molecule has 2 aromatic rings. The first kappa shape index (κ1) is 19.9. The van der Waals surface area contributed by atoms with Gasteiger partial charge in [-0.05, 0) is 59.0 Å². The molecule has 0 bridgehead atoms. The minimum absolute atomic E-state index is 0.128. The maximum atomic E-state index is 12.8. The average Bonchev–Trinajstić information content (AvgIpc) is 3.21. The van der Waals surface area contributed by atoms with E-state index in [0.717, 1.165) is 28.0 Å². The summed E-state index contributed by atoms with van der Waals surface area (Å²) < 4.78 is 6.66. The Morgan fingerprint density at radius 2 is 1.96 bits per heavy atom. The molecule has 0 aliphatic carbocycles. The van der Waals surface area contributed by atoms with Crippen molar-refractivity contribution < 1.29 is 9.53 Å². The van der Waals surface area contributed by atoms with Crippen molar-refractivity contribution in [1.82, 2.24) is 19.8 Å². The van der Waals surface area contributed by atoms with Crippen LogP contribution in [0.1, 0.15) is 39.1 Å². The Morgan fingerprint density at radius 3 is 2.56 bits per heavy atom. The van der Waals surface area contributed by atoms with Crippen LogP contribution in [-0.4, -0.2) is 58.1 Å². The molecule has 1 aromatic heterocycles. The summed E-state index contributed by atoms with van der Waals surface area (Å²) in [5.41, 5.74) is 1.47. The van der Waals surface area contributed by atoms with Crippen LogP contribution in [0.3, 0.4) is 0 Å². The van der Waals surface area contributed by atoms with Gasteiger partial charge in [0.25, 0.3) is 0 Å². The van der Waals surface area contributed by atoms with E-state index in [0.29, 0.717) is 6.54 Å². The van der Waals surface area contributed by atoms with E-state index in [-0.39, 0.29) is 18.2 Å². The molecule has 0 unspecified atom stereocenters. The van der Waals surface area contributed by atoms with Crippen LogP contribution in [0.25, 0.3) is 11.3 Å². The Hall–Kier alpha value is -1.86. The molecule has 2 heterocycles. The van der Waals surface area contributed by atoms with Crippen molar-refractivity contribution in [3.63, 3.8) is 0 Å². The third-order valence-corrected chi connectivity index (χ3v) is 5.23. The number of rotatable bonds is 3. The van der Waals surface area contributed by atoms with E-state index in [4.69, 9.17) is 4.74 Å². The fourth-order valence-corrected chi connectivity index (χ4v) is 3.52. The number of imidazole rings is 1. The van der Waals surface area contributed by atoms with Crippen molar-refractivity contribution in [3.05, 3.63) is 40.8 Å². The summed E-state index contributed by atoms with van der Waals surface area (Å²) in [5, 5.41) is 0. The lowest BCUT2D eigenvalue weighted by atomic mass is 10.1. The smallest absolute Gasteiger partial charge is 0.410 e. The monoisotopic (exact) mass is 434 g/mol. The fourth-order valence-electron chi connectivity index (χ4n) is 3.25. The predicted molar refractivity (Wildman–Crippen MR) is 109 cm³/mol. The van der Waals surface area contributed by atoms with Crippen LogP contribution < -0.4 is 0 Å². The second-order valence-corrected chi connectivity index (χ2v) is 9.11. The molecule has 1 aromatic carbocycles. The lowest BCUT2D eigenvalue weighted by Gasteiger charge is -2.28. The Labute approximate surface area is 169 Å². The number of aromatic amines is 1. The topological polar surface area (TPSA) is 61.5 Å². The number of halogens is 1. The summed E-state index contributed by atoms with van der Waals surface area (Å²) in [4.78, 5) is 24.7. The third kappa shape index (κ3) is 4.71. The Balaban J connectivity index is 1.85. The van der Waals surface area contributed by atoms with Crippen LogP contribution in [-0.2, 0) is 4.74 Å². The number of ether oxygens (including phenoxy) is 1. The van der Waals surface area contributed by atoms with Crippen molar-refractivity contribution in [2.24, 2.45) is 0 Å². The molecule has 1 fully saturated rings. The van der Waals surface area contributed by atoms with Crippen LogP contribution in [0.15, 0.2) is 34.9 Å². The maximum Gasteiger partial charge on any atom is 0.410 e. The van der Waals surface area contributed by atoms with Gasteiger partial charge in [0.1, 0.15) is 11.4 Å². The van der Waals surface area contributed by atoms with Gasteiger partial charge in [0.2, 0.25) is 0 Å². The Morgan fingerprint density at radius 1 is 1.30 bits per heavy atom. The maximum absolute atomic E-state index is 12.8. The third-order valence-electron chi connectivity index (χ3n) is 4.70. The lowest BCUT2D eigenvalue weighted by molar-refractivity contribution is 0.0211. The highest BCUT2D eigenvalue weighted by atomic mass is 79.9. The van der Waals surface area contributed by atoms with E-state index in [1.54, 1.807) is 4.90 Å². The van der Waals surface area contributed by atoms with Gasteiger partial charge in [-0.3, -0.25) is 4.90 Å². The van der Waals surface area contributed by atoms with Crippen molar-refractivity contribution >= 4 is 22.0 Å². The summed E-state index contributed by atoms with van der Waals surface area (Å²) in [6.07, 6.45) is 2.35. The highest BCUT2D eigenvalue weighted by Crippen LogP contribution is 2.34. The summed E-state index contributed by atoms with van der Waals surface area (Å²) in [7, 11) is 4.07. The average molecular weight is 435 g/mol. The molecule has 1 amide bonds. The number of likely N-dealkylation sites (N-methyl/N-ethyl adjacent to an activating group) is 1. The van der Waals surface area contributed by atoms with Gasteiger partial charge < -0.3 is 14.6 Å². The highest BCUT2D eigenvalue weighted by Gasteiger charge is 2.40. The SMILES string of the molecule is CN(C)[C@H]1C[C@@H](c2ncc(-c3ccc(Br)cc3)[nH]2)N(C(=O)OC(C)(C)C)C1. The van der Waals surface area contributed by atoms with Crippen LogP contribution >= 0.6 is 15.9 Å². The van der Waals surface area contributed by atoms with Gasteiger partial charge in [0.05, 0.1) is 17.9 Å². The lowest BCUT2D eigenvalue weighted by Crippen LogP contribution is -2.39. The zero-order chi connectivity index (χ0) is 19.8. The number of carbonyl (C=O) groups is 1. The fraction of sp³-hybridized carbons (Fsp3) is 0.500. The number of nitrogens with one attached hydrogen (secondary N) is 1. The van der Waals surface area contributed by atoms with Crippen molar-refractivity contribution in [2.75, 3.05) is 20.6 Å². The number of hydrogen-bond acceptors (Lipinski definition) is 4. The van der Waals surface area contributed by atoms with Gasteiger partial charge >= 0.3 is 6.09 Å². The number of carbonyl (C=O) groups excluding carboxylic acids is 1. The van der Waals surface area contributed by atoms with E-state index in [1.165, 1.54) is 0 Å². The van der Waals surface area contributed by atoms with E-state index in [2.05, 4.69) is 30.8 Å². The largest absolute Gasteiger partial charge is 0.444 e. The molecule has 0 spiro atoms. The molecular formula is C20H27BrN4O2. The van der Waals surface area contributed by atoms with Crippen LogP contribution in [0.5, 0.6) is 0 Å². The van der Waals surface area contributed by atoms with Gasteiger partial charge in [0, 0.05) is 17.1 Å². The molecule has 1 aliphatic heterocycles. The van der Waals surface area contributed by atoms with Crippen molar-refractivity contribution in [1.29, 1.82) is 0 Å². The zero-order valence-corrected chi connectivity index (χ0v) is 18.1. The molecule has 1 N–H and O–H groups in total. The Kier molecular flexibility index (Phi) is 5.63. The molecule has 7 heteroatoms. The van der Waals surface area contributed by atoms with Gasteiger partial charge in [-0.25, -0.2) is 9.78 Å². The van der Waals surface area contributed by atoms with E-state index < -0.39 is 5.60 Å². The molecule has 146 valence electrons. The molecule has 0 radical (unpaired) electrons. The van der Waals surface area contributed by atoms with Gasteiger partial charge in [-0.15, -0.1) is 0 Å². The number of nitrogens with zero attached hydrogens (tertiary/aromatic N) is 3. The molecule has 6 nitrogen and oxygen atoms in total. The molecule has 27 heavy (non-hydrogen) atoms. The number of likely N-dealkylation sites (tertiary alicyclic amines) is 1. The summed E-state index contributed by atoms with van der Waals surface area (Å²) in [5.74, 6) is 0.795. The zero-order valence-electron chi connectivity index (χ0n) is 16.5. The first-order valence-corrected chi connectivity index (χ1v) is 9.90. The van der Waals surface area contributed by atoms with Crippen LogP contribution in [0.2, 0.25) is 0 Å². The molecule has 2 atom stereocenters. The number of aromatic nitrogens is 2. The van der Waals surface area contributed by atoms with Crippen LogP contribution in [0, 0.1) is 0 Å². The molecular weight excluding hydrogens is 408 g/mol. The van der Waals surface area contributed by atoms with Crippen molar-refractivity contribution in [3.8, 4) is 11.3 Å².